The maximum absolute atomic E-state index is 12.4. The molecule has 3 aromatic carbocycles. The molecule has 0 aromatic heterocycles. The molecule has 7 heteroatoms. The summed E-state index contributed by atoms with van der Waals surface area (Å²) in [6.07, 6.45) is 2.50. The standard InChI is InChI=1S/C29H36NO5P/c1-23(2)25-12-14-26(15-13-25)27(18-20-34-36(31,32)35-29-8-6-5-7-9-29)22-24-10-16-28(17-11-24)33-21-19-30(3)4/h5-17,22-23H,18-21H2,1-4H3,(H,31,32). The van der Waals surface area contributed by atoms with E-state index in [1.54, 1.807) is 30.3 Å². The van der Waals surface area contributed by atoms with Crippen molar-refractivity contribution in [1.82, 2.24) is 4.90 Å². The van der Waals surface area contributed by atoms with Gasteiger partial charge in [-0.3, -0.25) is 9.42 Å². The molecular weight excluding hydrogens is 473 g/mol. The van der Waals surface area contributed by atoms with E-state index in [0.717, 1.165) is 29.0 Å². The van der Waals surface area contributed by atoms with E-state index < -0.39 is 7.82 Å². The lowest BCUT2D eigenvalue weighted by Gasteiger charge is -2.15. The third-order valence-corrected chi connectivity index (χ3v) is 6.52. The number of ether oxygens (including phenoxy) is 1. The summed E-state index contributed by atoms with van der Waals surface area (Å²) in [5, 5.41) is 0. The van der Waals surface area contributed by atoms with Gasteiger partial charge in [0.2, 0.25) is 0 Å². The van der Waals surface area contributed by atoms with Gasteiger partial charge in [0.25, 0.3) is 0 Å². The van der Waals surface area contributed by atoms with E-state index in [1.165, 1.54) is 5.56 Å². The molecule has 0 heterocycles. The fourth-order valence-corrected chi connectivity index (χ4v) is 4.26. The van der Waals surface area contributed by atoms with Gasteiger partial charge in [-0.25, -0.2) is 4.57 Å². The fourth-order valence-electron chi connectivity index (χ4n) is 3.50. The highest BCUT2D eigenvalue weighted by Gasteiger charge is 2.23. The Morgan fingerprint density at radius 3 is 2.19 bits per heavy atom. The van der Waals surface area contributed by atoms with Crippen LogP contribution in [0.2, 0.25) is 0 Å². The number of hydrogen-bond acceptors (Lipinski definition) is 5. The predicted octanol–water partition coefficient (Wildman–Crippen LogP) is 6.88. The topological polar surface area (TPSA) is 68.2 Å². The molecular formula is C29H36NO5P. The minimum absolute atomic E-state index is 0.0319. The maximum atomic E-state index is 12.4. The second kappa shape index (κ2) is 13.4. The van der Waals surface area contributed by atoms with Crippen LogP contribution in [0.15, 0.2) is 78.9 Å². The summed E-state index contributed by atoms with van der Waals surface area (Å²) >= 11 is 0. The van der Waals surface area contributed by atoms with Crippen LogP contribution in [0.4, 0.5) is 0 Å². The molecule has 1 N–H and O–H groups in total. The normalized spacial score (nSPS) is 13.6. The summed E-state index contributed by atoms with van der Waals surface area (Å²) in [5.41, 5.74) is 4.28. The van der Waals surface area contributed by atoms with Gasteiger partial charge in [-0.05, 0) is 73.0 Å². The van der Waals surface area contributed by atoms with Gasteiger partial charge in [-0.15, -0.1) is 0 Å². The number of phosphoric ester groups is 1. The molecule has 0 aliphatic carbocycles. The van der Waals surface area contributed by atoms with Crippen molar-refractivity contribution in [3.63, 3.8) is 0 Å². The second-order valence-electron chi connectivity index (χ2n) is 9.12. The fraction of sp³-hybridized carbons (Fsp3) is 0.310. The van der Waals surface area contributed by atoms with Crippen LogP contribution in [0, 0.1) is 0 Å². The first-order valence-electron chi connectivity index (χ1n) is 12.1. The van der Waals surface area contributed by atoms with Gasteiger partial charge in [0.1, 0.15) is 18.1 Å². The first-order valence-corrected chi connectivity index (χ1v) is 13.6. The Hall–Kier alpha value is -2.89. The largest absolute Gasteiger partial charge is 0.527 e. The van der Waals surface area contributed by atoms with Crippen molar-refractivity contribution < 1.29 is 23.2 Å². The number of hydrogen-bond donors (Lipinski definition) is 1. The van der Waals surface area contributed by atoms with E-state index in [-0.39, 0.29) is 12.4 Å². The second-order valence-corrected chi connectivity index (χ2v) is 10.5. The lowest BCUT2D eigenvalue weighted by atomic mass is 9.96. The van der Waals surface area contributed by atoms with Crippen molar-refractivity contribution >= 4 is 19.5 Å². The Bertz CT molecular complexity index is 1140. The summed E-state index contributed by atoms with van der Waals surface area (Å²) in [4.78, 5) is 12.2. The Morgan fingerprint density at radius 1 is 0.917 bits per heavy atom. The van der Waals surface area contributed by atoms with Gasteiger partial charge in [0, 0.05) is 6.54 Å². The number of nitrogens with zero attached hydrogens (tertiary/aromatic N) is 1. The highest BCUT2D eigenvalue weighted by Crippen LogP contribution is 2.44. The molecule has 6 nitrogen and oxygen atoms in total. The van der Waals surface area contributed by atoms with Gasteiger partial charge in [-0.2, -0.15) is 0 Å². The minimum Gasteiger partial charge on any atom is -0.492 e. The third-order valence-electron chi connectivity index (χ3n) is 5.57. The molecule has 0 bridgehead atoms. The molecule has 192 valence electrons. The molecule has 36 heavy (non-hydrogen) atoms. The third kappa shape index (κ3) is 9.29. The van der Waals surface area contributed by atoms with Crippen molar-refractivity contribution in [1.29, 1.82) is 0 Å². The van der Waals surface area contributed by atoms with Crippen molar-refractivity contribution in [3.05, 3.63) is 95.6 Å². The van der Waals surface area contributed by atoms with Crippen LogP contribution in [0.1, 0.15) is 42.9 Å². The lowest BCUT2D eigenvalue weighted by Crippen LogP contribution is -2.19. The average Bonchev–Trinajstić information content (AvgIpc) is 2.84. The zero-order valence-corrected chi connectivity index (χ0v) is 22.4. The van der Waals surface area contributed by atoms with E-state index in [4.69, 9.17) is 13.8 Å². The zero-order chi connectivity index (χ0) is 26.0. The van der Waals surface area contributed by atoms with Gasteiger partial charge in [0.05, 0.1) is 6.61 Å². The summed E-state index contributed by atoms with van der Waals surface area (Å²) in [6.45, 7) is 5.82. The smallest absolute Gasteiger partial charge is 0.492 e. The Balaban J connectivity index is 1.72. The van der Waals surface area contributed by atoms with E-state index in [2.05, 4.69) is 49.1 Å². The minimum atomic E-state index is -4.24. The molecule has 0 saturated carbocycles. The molecule has 1 unspecified atom stereocenters. The van der Waals surface area contributed by atoms with Gasteiger partial charge < -0.3 is 14.2 Å². The van der Waals surface area contributed by atoms with Crippen molar-refractivity contribution in [2.45, 2.75) is 26.2 Å². The van der Waals surface area contributed by atoms with E-state index in [1.807, 2.05) is 38.4 Å². The van der Waals surface area contributed by atoms with Gasteiger partial charge in [0.15, 0.2) is 0 Å². The van der Waals surface area contributed by atoms with Crippen LogP contribution in [0.25, 0.3) is 11.6 Å². The van der Waals surface area contributed by atoms with Crippen LogP contribution < -0.4 is 9.26 Å². The number of likely N-dealkylation sites (N-methyl/N-ethyl adjacent to an activating group) is 1. The summed E-state index contributed by atoms with van der Waals surface area (Å²) < 4.78 is 28.7. The van der Waals surface area contributed by atoms with Gasteiger partial charge >= 0.3 is 7.82 Å². The molecule has 0 aliphatic rings. The number of benzene rings is 3. The summed E-state index contributed by atoms with van der Waals surface area (Å²) in [7, 11) is -0.210. The molecule has 1 atom stereocenters. The van der Waals surface area contributed by atoms with Crippen LogP contribution in [-0.4, -0.2) is 43.6 Å². The molecule has 0 amide bonds. The Morgan fingerprint density at radius 2 is 1.58 bits per heavy atom. The van der Waals surface area contributed by atoms with Crippen LogP contribution in [-0.2, 0) is 9.09 Å². The molecule has 3 rings (SSSR count). The van der Waals surface area contributed by atoms with E-state index in [0.29, 0.717) is 18.9 Å². The molecule has 3 aromatic rings. The molecule has 0 aliphatic heterocycles. The Kier molecular flexibility index (Phi) is 10.3. The molecule has 0 fully saturated rings. The van der Waals surface area contributed by atoms with Gasteiger partial charge in [-0.1, -0.05) is 74.5 Å². The number of rotatable bonds is 13. The van der Waals surface area contributed by atoms with E-state index in [9.17, 15) is 9.46 Å². The first-order chi connectivity index (χ1) is 17.2. The van der Waals surface area contributed by atoms with Crippen molar-refractivity contribution in [3.8, 4) is 11.5 Å². The van der Waals surface area contributed by atoms with Crippen molar-refractivity contribution in [2.75, 3.05) is 33.9 Å². The van der Waals surface area contributed by atoms with Crippen LogP contribution >= 0.6 is 7.82 Å². The lowest BCUT2D eigenvalue weighted by molar-refractivity contribution is 0.207. The highest BCUT2D eigenvalue weighted by molar-refractivity contribution is 7.47. The highest BCUT2D eigenvalue weighted by atomic mass is 31.2. The average molecular weight is 510 g/mol. The maximum Gasteiger partial charge on any atom is 0.527 e. The summed E-state index contributed by atoms with van der Waals surface area (Å²) in [6, 6.07) is 24.8. The first kappa shape index (κ1) is 27.7. The van der Waals surface area contributed by atoms with Crippen LogP contribution in [0.3, 0.4) is 0 Å². The monoisotopic (exact) mass is 509 g/mol. The number of phosphoric acid groups is 1. The molecule has 0 spiro atoms. The van der Waals surface area contributed by atoms with E-state index >= 15 is 0 Å². The molecule has 0 saturated heterocycles. The number of para-hydroxylation sites is 1. The van der Waals surface area contributed by atoms with Crippen molar-refractivity contribution in [2.24, 2.45) is 0 Å². The van der Waals surface area contributed by atoms with Crippen LogP contribution in [0.5, 0.6) is 11.5 Å². The summed E-state index contributed by atoms with van der Waals surface area (Å²) in [5.74, 6) is 1.54. The SMILES string of the molecule is CC(C)c1ccc(C(=Cc2ccc(OCCN(C)C)cc2)CCOP(=O)(O)Oc2ccccc2)cc1. The molecule has 0 radical (unpaired) electrons. The quantitative estimate of drug-likeness (QED) is 0.200. The zero-order valence-electron chi connectivity index (χ0n) is 21.5. The predicted molar refractivity (Wildman–Crippen MR) is 146 cm³/mol. The Labute approximate surface area is 214 Å².